The van der Waals surface area contributed by atoms with Gasteiger partial charge in [-0.1, -0.05) is 152 Å². The summed E-state index contributed by atoms with van der Waals surface area (Å²) in [4.78, 5) is 11.2. The molecule has 62 heavy (non-hydrogen) atoms. The zero-order valence-corrected chi connectivity index (χ0v) is 35.1. The largest absolute Gasteiger partial charge is 0.354 e. The molecule has 2 N–H and O–H groups in total. The molecule has 0 aromatic heterocycles. The molecule has 11 aliphatic rings. The monoisotopic (exact) mass is 807 g/mol. The molecule has 3 heterocycles. The van der Waals surface area contributed by atoms with Gasteiger partial charge in [-0.2, -0.15) is 0 Å². The maximum absolute atomic E-state index is 5.65. The second-order valence-corrected chi connectivity index (χ2v) is 18.8. The Balaban J connectivity index is 0.921. The highest BCUT2D eigenvalue weighted by molar-refractivity contribution is 5.90. The third kappa shape index (κ3) is 5.88. The fourth-order valence-corrected chi connectivity index (χ4v) is 12.6. The number of allylic oxidation sites excluding steroid dienone is 20. The molecule has 3 aliphatic heterocycles. The van der Waals surface area contributed by atoms with Gasteiger partial charge >= 0.3 is 0 Å². The van der Waals surface area contributed by atoms with Crippen LogP contribution < -0.4 is 15.5 Å². The van der Waals surface area contributed by atoms with E-state index in [1.54, 1.807) is 0 Å². The topological polar surface area (TPSA) is 42.9 Å². The molecule has 306 valence electrons. The Morgan fingerprint density at radius 2 is 1.55 bits per heavy atom. The molecule has 5 nitrogen and oxygen atoms in total. The number of rotatable bonds is 5. The zero-order chi connectivity index (χ0) is 40.7. The minimum Gasteiger partial charge on any atom is -0.354 e. The summed E-state index contributed by atoms with van der Waals surface area (Å²) in [6.45, 7) is 0. The van der Waals surface area contributed by atoms with Crippen molar-refractivity contribution in [3.63, 3.8) is 0 Å². The van der Waals surface area contributed by atoms with Gasteiger partial charge in [0.1, 0.15) is 18.2 Å². The lowest BCUT2D eigenvalue weighted by atomic mass is 9.76. The first-order valence-electron chi connectivity index (χ1n) is 23.3. The van der Waals surface area contributed by atoms with Crippen molar-refractivity contribution in [3.05, 3.63) is 226 Å². The van der Waals surface area contributed by atoms with Gasteiger partial charge in [-0.05, 0) is 102 Å². The summed E-state index contributed by atoms with van der Waals surface area (Å²) in [6.07, 6.45) is 56.0. The van der Waals surface area contributed by atoms with Crippen LogP contribution in [0.5, 0.6) is 0 Å². The molecular weight excluding hydrogens is 755 g/mol. The predicted molar refractivity (Wildman–Crippen MR) is 253 cm³/mol. The summed E-state index contributed by atoms with van der Waals surface area (Å²) in [5, 5.41) is 7.94. The SMILES string of the molecule is C1=CC2=CC3=C(CC2C=C1)N(c1ccc2c(c1)C=C1C(C2)C2C=CCCC2N1C1=CC=C2C=CC=CC2C1C1=NC(c2ccccc2)NC(C2=CCCC=C2)N1)C1C=CC=CC31. The maximum atomic E-state index is 5.65. The van der Waals surface area contributed by atoms with Crippen LogP contribution >= 0.6 is 0 Å². The number of anilines is 1. The van der Waals surface area contributed by atoms with E-state index in [0.717, 1.165) is 44.4 Å². The van der Waals surface area contributed by atoms with Crippen LogP contribution in [0.3, 0.4) is 0 Å². The molecule has 5 heteroatoms. The quantitative estimate of drug-likeness (QED) is 0.295. The lowest BCUT2D eigenvalue weighted by Gasteiger charge is -2.44. The molecule has 0 amide bonds. The number of fused-ring (bicyclic) bond motifs is 8. The van der Waals surface area contributed by atoms with Crippen molar-refractivity contribution in [1.82, 2.24) is 15.5 Å². The molecule has 10 unspecified atom stereocenters. The van der Waals surface area contributed by atoms with Gasteiger partial charge < -0.3 is 15.1 Å². The number of nitrogens with zero attached hydrogens (tertiary/aromatic N) is 3. The van der Waals surface area contributed by atoms with Crippen LogP contribution in [0.1, 0.15) is 55.0 Å². The van der Waals surface area contributed by atoms with Gasteiger partial charge in [0, 0.05) is 58.4 Å². The third-order valence-electron chi connectivity index (χ3n) is 15.5. The van der Waals surface area contributed by atoms with E-state index in [9.17, 15) is 0 Å². The Labute approximate surface area is 366 Å². The van der Waals surface area contributed by atoms with Crippen LogP contribution in [0.4, 0.5) is 5.69 Å². The number of hydrogen-bond donors (Lipinski definition) is 2. The molecule has 1 fully saturated rings. The van der Waals surface area contributed by atoms with Crippen molar-refractivity contribution in [1.29, 1.82) is 0 Å². The molecule has 0 bridgehead atoms. The van der Waals surface area contributed by atoms with Gasteiger partial charge in [0.2, 0.25) is 0 Å². The van der Waals surface area contributed by atoms with Crippen LogP contribution in [-0.4, -0.2) is 29.0 Å². The number of likely N-dealkylation sites (tertiary alicyclic amines) is 1. The maximum Gasteiger partial charge on any atom is 0.129 e. The van der Waals surface area contributed by atoms with E-state index >= 15 is 0 Å². The fourth-order valence-electron chi connectivity index (χ4n) is 12.6. The fraction of sp³-hybridized carbons (Fsp3) is 0.281. The molecule has 2 aromatic rings. The minimum atomic E-state index is -0.157. The number of amidine groups is 1. The van der Waals surface area contributed by atoms with Gasteiger partial charge in [-0.15, -0.1) is 0 Å². The first-order valence-corrected chi connectivity index (χ1v) is 23.3. The van der Waals surface area contributed by atoms with Crippen molar-refractivity contribution in [2.75, 3.05) is 4.90 Å². The Morgan fingerprint density at radius 1 is 0.677 bits per heavy atom. The lowest BCUT2D eigenvalue weighted by Crippen LogP contribution is -2.56. The second kappa shape index (κ2) is 14.7. The average Bonchev–Trinajstić information content (AvgIpc) is 3.83. The first-order chi connectivity index (χ1) is 30.7. The van der Waals surface area contributed by atoms with Gasteiger partial charge in [-0.3, -0.25) is 5.32 Å². The molecule has 0 saturated carbocycles. The summed E-state index contributed by atoms with van der Waals surface area (Å²) < 4.78 is 0. The molecular formula is C57H53N5. The smallest absolute Gasteiger partial charge is 0.129 e. The van der Waals surface area contributed by atoms with Gasteiger partial charge in [0.15, 0.2) is 0 Å². The van der Waals surface area contributed by atoms with E-state index in [1.165, 1.54) is 61.8 Å². The Kier molecular flexibility index (Phi) is 8.67. The van der Waals surface area contributed by atoms with Crippen molar-refractivity contribution in [2.45, 2.75) is 62.9 Å². The third-order valence-corrected chi connectivity index (χ3v) is 15.5. The molecule has 0 spiro atoms. The molecule has 1 saturated heterocycles. The van der Waals surface area contributed by atoms with Crippen LogP contribution in [0.25, 0.3) is 6.08 Å². The number of nitrogens with one attached hydrogen (secondary N) is 2. The Morgan fingerprint density at radius 3 is 2.47 bits per heavy atom. The van der Waals surface area contributed by atoms with Crippen LogP contribution in [-0.2, 0) is 6.42 Å². The molecule has 10 atom stereocenters. The summed E-state index contributed by atoms with van der Waals surface area (Å²) >= 11 is 0. The van der Waals surface area contributed by atoms with Crippen molar-refractivity contribution >= 4 is 17.6 Å². The summed E-state index contributed by atoms with van der Waals surface area (Å²) in [7, 11) is 0. The summed E-state index contributed by atoms with van der Waals surface area (Å²) in [6, 6.07) is 18.9. The number of benzene rings is 2. The normalized spacial score (nSPS) is 34.1. The van der Waals surface area contributed by atoms with E-state index in [1.807, 2.05) is 0 Å². The van der Waals surface area contributed by atoms with Gasteiger partial charge in [-0.25, -0.2) is 4.99 Å². The van der Waals surface area contributed by atoms with E-state index in [-0.39, 0.29) is 24.2 Å². The summed E-state index contributed by atoms with van der Waals surface area (Å²) in [5.74, 6) is 2.99. The Hall–Kier alpha value is -6.17. The highest BCUT2D eigenvalue weighted by Crippen LogP contribution is 2.54. The van der Waals surface area contributed by atoms with Crippen molar-refractivity contribution in [2.24, 2.45) is 40.5 Å². The highest BCUT2D eigenvalue weighted by Gasteiger charge is 2.51. The molecule has 2 aromatic carbocycles. The predicted octanol–water partition coefficient (Wildman–Crippen LogP) is 11.2. The molecule has 13 rings (SSSR count). The van der Waals surface area contributed by atoms with Crippen molar-refractivity contribution < 1.29 is 0 Å². The van der Waals surface area contributed by atoms with Gasteiger partial charge in [0.25, 0.3) is 0 Å². The lowest BCUT2D eigenvalue weighted by molar-refractivity contribution is 0.274. The molecule has 8 aliphatic carbocycles. The minimum absolute atomic E-state index is 0.0325. The van der Waals surface area contributed by atoms with Crippen LogP contribution in [0.2, 0.25) is 0 Å². The van der Waals surface area contributed by atoms with Crippen molar-refractivity contribution in [3.8, 4) is 0 Å². The Bertz CT molecular complexity index is 2720. The number of hydrogen-bond acceptors (Lipinski definition) is 5. The highest BCUT2D eigenvalue weighted by atomic mass is 15.3. The average molecular weight is 808 g/mol. The van der Waals surface area contributed by atoms with E-state index < -0.39 is 0 Å². The van der Waals surface area contributed by atoms with Gasteiger partial charge in [0.05, 0.1) is 12.0 Å². The second-order valence-electron chi connectivity index (χ2n) is 18.8. The van der Waals surface area contributed by atoms with Crippen LogP contribution in [0, 0.1) is 35.5 Å². The number of aliphatic imine (C=N–C) groups is 1. The first kappa shape index (κ1) is 36.5. The van der Waals surface area contributed by atoms with E-state index in [4.69, 9.17) is 4.99 Å². The standard InChI is InChI=1S/C57H53N5/c1-3-16-37(17-4-1)55-58-56(38-18-5-2-6-19-38)60-57(59-55)54-44-22-10-9-15-36(44)28-30-51(54)62-50-26-14-12-24-46(50)48-33-41-27-29-43(31-42(41)35-53(48)62)61-49-25-13-11-23-45(49)47-32-39-20-7-8-21-40(39)34-52(47)61/h1,3-5,7-13,15-25,27-32,35,40,44-46,48-50,54-56,58H,2,6,14,26,33-34H2,(H,59,60). The van der Waals surface area contributed by atoms with E-state index in [2.05, 4.69) is 197 Å². The molecule has 0 radical (unpaired) electrons. The van der Waals surface area contributed by atoms with E-state index in [0.29, 0.717) is 35.8 Å². The van der Waals surface area contributed by atoms with Crippen LogP contribution in [0.15, 0.2) is 214 Å². The zero-order valence-electron chi connectivity index (χ0n) is 35.1. The summed E-state index contributed by atoms with van der Waals surface area (Å²) in [5.41, 5.74) is 15.3.